The van der Waals surface area contributed by atoms with Crippen LogP contribution in [-0.4, -0.2) is 159 Å². The lowest BCUT2D eigenvalue weighted by Gasteiger charge is -2.34. The maximum atomic E-state index is 16.9. The molecule has 3 unspecified atom stereocenters. The van der Waals surface area contributed by atoms with Crippen molar-refractivity contribution in [3.8, 4) is 44.6 Å². The molecule has 1 saturated carbocycles. The number of hydrogen-bond donors (Lipinski definition) is 5. The molecule has 22 nitrogen and oxygen atoms in total. The van der Waals surface area contributed by atoms with Gasteiger partial charge in [0.05, 0.1) is 64.8 Å². The van der Waals surface area contributed by atoms with Crippen molar-refractivity contribution in [1.82, 2.24) is 60.2 Å². The number of rotatable bonds is 18. The SMILES string of the molecule is Cc1ncsc1-c1ccc(C(CO)NC(=O)[C@@H]2C[C@@H](O)CN2C(=O)C(C(C)C)n2cc(-c3ccc(COc4c(-c5c(C)c(F)cc6c5cnn6C5CCCCO5)c(C5CC5)cc5c(N6C[C@@H]7C[C@H]6CN7C(=O)O)nc(OC6CCNCC6)nc45)cc3)nn2)cc1. The van der Waals surface area contributed by atoms with E-state index in [0.717, 1.165) is 107 Å². The Hall–Kier alpha value is -8.16. The molecule has 0 spiro atoms. The number of benzene rings is 4. The number of fused-ring (bicyclic) bond motifs is 4. The molecule has 3 amide bonds. The number of carboxylic acid groups (broad SMARTS) is 1. The van der Waals surface area contributed by atoms with Crippen molar-refractivity contribution in [3.05, 3.63) is 112 Å². The molecule has 9 heterocycles. The first-order chi connectivity index (χ1) is 43.7. The Morgan fingerprint density at radius 2 is 1.69 bits per heavy atom. The number of β-amino-alcohol motifs (C(OH)–C–C–N with tert-alkyl or cyclic N) is 1. The smallest absolute Gasteiger partial charge is 0.407 e. The second-order valence-electron chi connectivity index (χ2n) is 25.4. The molecule has 8 aromatic rings. The highest BCUT2D eigenvalue weighted by molar-refractivity contribution is 7.13. The maximum absolute atomic E-state index is 16.9. The summed E-state index contributed by atoms with van der Waals surface area (Å²) in [7, 11) is 0. The highest BCUT2D eigenvalue weighted by Gasteiger charge is 2.48. The Morgan fingerprint density at radius 1 is 0.900 bits per heavy atom. The highest BCUT2D eigenvalue weighted by atomic mass is 32.1. The van der Waals surface area contributed by atoms with E-state index in [0.29, 0.717) is 71.1 Å². The number of aliphatic hydroxyl groups is 2. The third kappa shape index (κ3) is 11.3. The number of carbonyl (C=O) groups is 3. The molecular weight excluding hydrogens is 1170 g/mol. The number of nitrogens with one attached hydrogen (secondary N) is 2. The van der Waals surface area contributed by atoms with Crippen LogP contribution in [0.15, 0.2) is 78.6 Å². The number of carbonyl (C=O) groups excluding carboxylic acids is 2. The monoisotopic (exact) mass is 1240 g/mol. The number of hydrogen-bond acceptors (Lipinski definition) is 17. The molecule has 90 heavy (non-hydrogen) atoms. The molecule has 14 rings (SSSR count). The number of nitrogens with zero attached hydrogens (tertiary/aromatic N) is 11. The zero-order valence-corrected chi connectivity index (χ0v) is 51.6. The molecule has 4 aromatic carbocycles. The lowest BCUT2D eigenvalue weighted by Crippen LogP contribution is -2.50. The summed E-state index contributed by atoms with van der Waals surface area (Å²) in [6.45, 7) is 10.1. The largest absolute Gasteiger partial charge is 0.486 e. The number of piperazine rings is 1. The second-order valence-corrected chi connectivity index (χ2v) is 26.2. The number of amides is 3. The van der Waals surface area contributed by atoms with Crippen LogP contribution < -0.4 is 25.0 Å². The van der Waals surface area contributed by atoms with E-state index in [1.54, 1.807) is 24.7 Å². The van der Waals surface area contributed by atoms with Crippen LogP contribution in [0.2, 0.25) is 0 Å². The lowest BCUT2D eigenvalue weighted by molar-refractivity contribution is -0.142. The average Bonchev–Trinajstić information content (AvgIpc) is 1.36. The number of halogens is 1. The van der Waals surface area contributed by atoms with Gasteiger partial charge in [-0.25, -0.2) is 23.5 Å². The van der Waals surface area contributed by atoms with Crippen LogP contribution in [0.3, 0.4) is 0 Å². The predicted molar refractivity (Wildman–Crippen MR) is 335 cm³/mol. The van der Waals surface area contributed by atoms with Crippen LogP contribution in [-0.2, 0) is 20.9 Å². The van der Waals surface area contributed by atoms with Crippen LogP contribution in [0.25, 0.3) is 54.6 Å². The Labute approximate surface area is 523 Å². The molecular formula is C66H74FN13O9S. The summed E-state index contributed by atoms with van der Waals surface area (Å²) in [5.74, 6) is -0.341. The molecule has 2 bridgehead atoms. The summed E-state index contributed by atoms with van der Waals surface area (Å²) >= 11 is 1.54. The van der Waals surface area contributed by atoms with Gasteiger partial charge in [0.25, 0.3) is 0 Å². The van der Waals surface area contributed by atoms with Crippen molar-refractivity contribution in [2.24, 2.45) is 5.92 Å². The number of piperidine rings is 1. The lowest BCUT2D eigenvalue weighted by atomic mass is 9.88. The van der Waals surface area contributed by atoms with E-state index in [1.807, 2.05) is 80.2 Å². The standard InChI is InChI=1S/C66H74FN13O9S/c1-35(2)59(64(84)78-30-45(82)24-54(78)63(83)71-52(32-81)41-14-16-42(17-15-41)61-37(4)69-34-90-61)79-31-51(74-75-79)40-10-8-38(9-11-40)33-88-60-57(56-36(3)50(67)26-53-49(56)27-70-80(53)55-7-5-6-22-87-55)47(39-12-13-39)25-48-58(60)72-65(89-46-18-20-68-21-19-46)73-62(48)76-28-44-23-43(76)29-77(44)66(85)86/h8-11,14-17,25-27,31,34-35,39,43-46,52,54-55,59,68,81-82H,5-7,12-13,18-24,28-30,32-33H2,1-4H3,(H,71,83)(H,85,86)/t43-,44-,45+,52?,54-,55?,59?/m0/s1. The van der Waals surface area contributed by atoms with Gasteiger partial charge in [0.2, 0.25) is 11.8 Å². The van der Waals surface area contributed by atoms with E-state index in [1.165, 1.54) is 25.8 Å². The van der Waals surface area contributed by atoms with Gasteiger partial charge < -0.3 is 54.9 Å². The first-order valence-corrected chi connectivity index (χ1v) is 32.4. The third-order valence-corrected chi connectivity index (χ3v) is 20.0. The minimum Gasteiger partial charge on any atom is -0.486 e. The summed E-state index contributed by atoms with van der Waals surface area (Å²) in [5.41, 5.74) is 10.3. The van der Waals surface area contributed by atoms with E-state index < -0.39 is 42.1 Å². The van der Waals surface area contributed by atoms with Gasteiger partial charge >= 0.3 is 12.1 Å². The van der Waals surface area contributed by atoms with E-state index in [2.05, 4.69) is 36.9 Å². The van der Waals surface area contributed by atoms with Crippen molar-refractivity contribution in [3.63, 3.8) is 0 Å². The molecule has 7 atom stereocenters. The summed E-state index contributed by atoms with van der Waals surface area (Å²) < 4.78 is 40.5. The molecule has 5 N–H and O–H groups in total. The molecule has 6 aliphatic rings. The van der Waals surface area contributed by atoms with Gasteiger partial charge in [0.15, 0.2) is 12.0 Å². The van der Waals surface area contributed by atoms with Crippen LogP contribution in [0.1, 0.15) is 124 Å². The number of anilines is 1. The quantitative estimate of drug-likeness (QED) is 0.0537. The summed E-state index contributed by atoms with van der Waals surface area (Å²) in [6, 6.07) is 16.2. The Kier molecular flexibility index (Phi) is 16.2. The number of aromatic nitrogens is 8. The summed E-state index contributed by atoms with van der Waals surface area (Å²) in [4.78, 5) is 62.2. The van der Waals surface area contributed by atoms with E-state index in [4.69, 9.17) is 29.3 Å². The predicted octanol–water partition coefficient (Wildman–Crippen LogP) is 9.02. The van der Waals surface area contributed by atoms with Crippen molar-refractivity contribution in [1.29, 1.82) is 0 Å². The first kappa shape index (κ1) is 59.5. The van der Waals surface area contributed by atoms with Crippen LogP contribution in [0.4, 0.5) is 15.0 Å². The van der Waals surface area contributed by atoms with Crippen molar-refractivity contribution >= 4 is 56.9 Å². The van der Waals surface area contributed by atoms with Crippen LogP contribution in [0.5, 0.6) is 11.8 Å². The zero-order valence-electron chi connectivity index (χ0n) is 50.8. The topological polar surface area (TPSA) is 261 Å². The fourth-order valence-corrected chi connectivity index (χ4v) is 15.0. The Morgan fingerprint density at radius 3 is 2.38 bits per heavy atom. The number of ether oxygens (including phenoxy) is 3. The number of likely N-dealkylation sites (tertiary alicyclic amines) is 2. The van der Waals surface area contributed by atoms with Gasteiger partial charge in [-0.1, -0.05) is 67.6 Å². The molecule has 4 aromatic heterocycles. The molecule has 5 aliphatic heterocycles. The molecule has 0 radical (unpaired) electrons. The van der Waals surface area contributed by atoms with Crippen molar-refractivity contribution in [2.45, 2.75) is 147 Å². The third-order valence-electron chi connectivity index (χ3n) is 19.0. The molecule has 5 saturated heterocycles. The molecule has 24 heteroatoms. The Bertz CT molecular complexity index is 4010. The number of aliphatic hydroxyl groups excluding tert-OH is 2. The Balaban J connectivity index is 0.778. The average molecular weight is 1240 g/mol. The van der Waals surface area contributed by atoms with Crippen LogP contribution >= 0.6 is 11.3 Å². The van der Waals surface area contributed by atoms with Gasteiger partial charge in [-0.2, -0.15) is 15.1 Å². The van der Waals surface area contributed by atoms with Gasteiger partial charge in [0, 0.05) is 66.2 Å². The van der Waals surface area contributed by atoms with Crippen LogP contribution in [0, 0.1) is 25.6 Å². The van der Waals surface area contributed by atoms with Gasteiger partial charge in [-0.15, -0.1) is 16.4 Å². The number of aryl methyl sites for hydroxylation is 1. The maximum Gasteiger partial charge on any atom is 0.407 e. The normalized spacial score (nSPS) is 21.9. The molecule has 1 aliphatic carbocycles. The second kappa shape index (κ2) is 24.6. The summed E-state index contributed by atoms with van der Waals surface area (Å²) in [6.07, 6.45) is 7.87. The van der Waals surface area contributed by atoms with Gasteiger partial charge in [-0.05, 0) is 124 Å². The van der Waals surface area contributed by atoms with Gasteiger partial charge in [0.1, 0.15) is 47.6 Å². The number of thiazole rings is 1. The molecule has 470 valence electrons. The van der Waals surface area contributed by atoms with Crippen molar-refractivity contribution in [2.75, 3.05) is 50.8 Å². The van der Waals surface area contributed by atoms with E-state index >= 15 is 4.39 Å². The fraction of sp³-hybridized carbons (Fsp3) is 0.470. The minimum atomic E-state index is -1.000. The fourth-order valence-electron chi connectivity index (χ4n) is 14.2. The van der Waals surface area contributed by atoms with Crippen molar-refractivity contribution < 1.29 is 48.3 Å². The zero-order chi connectivity index (χ0) is 62.1. The minimum absolute atomic E-state index is 0.0275. The van der Waals surface area contributed by atoms with Gasteiger partial charge in [-0.3, -0.25) is 9.59 Å². The summed E-state index contributed by atoms with van der Waals surface area (Å²) in [5, 5.41) is 53.4. The highest BCUT2D eigenvalue weighted by Crippen LogP contribution is 2.54. The molecule has 6 fully saturated rings. The first-order valence-electron chi connectivity index (χ1n) is 31.5. The van der Waals surface area contributed by atoms with E-state index in [9.17, 15) is 29.7 Å². The van der Waals surface area contributed by atoms with E-state index in [-0.39, 0.29) is 74.3 Å².